The number of carbonyl (C=O) groups excluding carboxylic acids is 2. The van der Waals surface area contributed by atoms with Gasteiger partial charge in [-0.15, -0.1) is 0 Å². The molecular weight excluding hydrogens is 311 g/mol. The number of imide groups is 1. The van der Waals surface area contributed by atoms with Crippen molar-refractivity contribution in [3.8, 4) is 0 Å². The highest BCUT2D eigenvalue weighted by Crippen LogP contribution is 2.29. The summed E-state index contributed by atoms with van der Waals surface area (Å²) >= 11 is 0. The number of hydrogen-bond acceptors (Lipinski definition) is 4. The van der Waals surface area contributed by atoms with Crippen molar-refractivity contribution in [3.63, 3.8) is 0 Å². The smallest absolute Gasteiger partial charge is 0.323 e. The molecule has 2 aliphatic heterocycles. The number of piperidine rings is 1. The molecule has 0 radical (unpaired) electrons. The van der Waals surface area contributed by atoms with E-state index in [1.165, 1.54) is 17.0 Å². The van der Waals surface area contributed by atoms with Crippen molar-refractivity contribution in [2.45, 2.75) is 24.9 Å². The van der Waals surface area contributed by atoms with E-state index in [-0.39, 0.29) is 24.4 Å². The third kappa shape index (κ3) is 3.27. The van der Waals surface area contributed by atoms with Crippen molar-refractivity contribution in [1.82, 2.24) is 20.0 Å². The highest BCUT2D eigenvalue weighted by Gasteiger charge is 2.52. The SMILES string of the molecule is CN1CCC2(CC1)NC(=O)N(CN(C)Cc1cccc(F)c1)C2=O. The lowest BCUT2D eigenvalue weighted by molar-refractivity contribution is -0.134. The Balaban J connectivity index is 1.64. The molecule has 0 bridgehead atoms. The van der Waals surface area contributed by atoms with Gasteiger partial charge in [-0.05, 0) is 44.6 Å². The van der Waals surface area contributed by atoms with Gasteiger partial charge >= 0.3 is 6.03 Å². The molecule has 2 saturated heterocycles. The minimum Gasteiger partial charge on any atom is -0.323 e. The quantitative estimate of drug-likeness (QED) is 0.842. The van der Waals surface area contributed by atoms with Gasteiger partial charge < -0.3 is 10.2 Å². The van der Waals surface area contributed by atoms with Crippen LogP contribution < -0.4 is 5.32 Å². The van der Waals surface area contributed by atoms with E-state index in [1.54, 1.807) is 6.07 Å². The fourth-order valence-electron chi connectivity index (χ4n) is 3.38. The second-order valence-corrected chi connectivity index (χ2v) is 6.83. The molecule has 7 heteroatoms. The van der Waals surface area contributed by atoms with E-state index in [2.05, 4.69) is 10.2 Å². The lowest BCUT2D eigenvalue weighted by atomic mass is 9.88. The molecular formula is C17H23FN4O2. The Morgan fingerprint density at radius 2 is 2.00 bits per heavy atom. The van der Waals surface area contributed by atoms with Crippen LogP contribution in [0.2, 0.25) is 0 Å². The molecule has 130 valence electrons. The number of benzene rings is 1. The van der Waals surface area contributed by atoms with E-state index in [4.69, 9.17) is 0 Å². The van der Waals surface area contributed by atoms with Gasteiger partial charge in [-0.25, -0.2) is 14.1 Å². The van der Waals surface area contributed by atoms with Gasteiger partial charge in [0.2, 0.25) is 0 Å². The van der Waals surface area contributed by atoms with Crippen molar-refractivity contribution in [2.24, 2.45) is 0 Å². The second kappa shape index (κ2) is 6.49. The highest BCUT2D eigenvalue weighted by molar-refractivity contribution is 6.07. The Bertz CT molecular complexity index is 643. The minimum absolute atomic E-state index is 0.147. The van der Waals surface area contributed by atoms with Crippen LogP contribution >= 0.6 is 0 Å². The average molecular weight is 334 g/mol. The lowest BCUT2D eigenvalue weighted by Gasteiger charge is -2.35. The summed E-state index contributed by atoms with van der Waals surface area (Å²) in [6, 6.07) is 5.99. The van der Waals surface area contributed by atoms with Crippen LogP contribution in [0.5, 0.6) is 0 Å². The Kier molecular flexibility index (Phi) is 4.56. The average Bonchev–Trinajstić information content (AvgIpc) is 2.75. The van der Waals surface area contributed by atoms with Gasteiger partial charge in [0.15, 0.2) is 0 Å². The van der Waals surface area contributed by atoms with Gasteiger partial charge in [-0.2, -0.15) is 0 Å². The van der Waals surface area contributed by atoms with Crippen molar-refractivity contribution in [2.75, 3.05) is 33.9 Å². The van der Waals surface area contributed by atoms with Gasteiger partial charge in [-0.3, -0.25) is 9.69 Å². The predicted molar refractivity (Wildman–Crippen MR) is 87.6 cm³/mol. The van der Waals surface area contributed by atoms with Gasteiger partial charge in [0.1, 0.15) is 11.4 Å². The van der Waals surface area contributed by atoms with E-state index in [0.717, 1.165) is 18.7 Å². The Labute approximate surface area is 141 Å². The maximum Gasteiger partial charge on any atom is 0.326 e. The zero-order valence-electron chi connectivity index (χ0n) is 14.1. The summed E-state index contributed by atoms with van der Waals surface area (Å²) in [4.78, 5) is 30.3. The largest absolute Gasteiger partial charge is 0.326 e. The predicted octanol–water partition coefficient (Wildman–Crippen LogP) is 1.23. The molecule has 1 spiro atoms. The second-order valence-electron chi connectivity index (χ2n) is 6.83. The van der Waals surface area contributed by atoms with Crippen molar-refractivity contribution in [3.05, 3.63) is 35.6 Å². The van der Waals surface area contributed by atoms with Crippen LogP contribution in [0.3, 0.4) is 0 Å². The fraction of sp³-hybridized carbons (Fsp3) is 0.529. The van der Waals surface area contributed by atoms with E-state index in [0.29, 0.717) is 19.4 Å². The Morgan fingerprint density at radius 3 is 2.67 bits per heavy atom. The first-order valence-corrected chi connectivity index (χ1v) is 8.15. The van der Waals surface area contributed by atoms with Crippen LogP contribution in [-0.4, -0.2) is 66.0 Å². The van der Waals surface area contributed by atoms with Crippen LogP contribution in [0.25, 0.3) is 0 Å². The molecule has 1 aromatic rings. The van der Waals surface area contributed by atoms with E-state index in [1.807, 2.05) is 25.1 Å². The summed E-state index contributed by atoms with van der Waals surface area (Å²) < 4.78 is 13.3. The molecule has 0 aliphatic carbocycles. The van der Waals surface area contributed by atoms with Gasteiger partial charge in [0.25, 0.3) is 5.91 Å². The summed E-state index contributed by atoms with van der Waals surface area (Å²) in [7, 11) is 3.82. The van der Waals surface area contributed by atoms with E-state index >= 15 is 0 Å². The molecule has 2 fully saturated rings. The Hall–Kier alpha value is -1.99. The number of nitrogens with one attached hydrogen (secondary N) is 1. The molecule has 1 aromatic carbocycles. The fourth-order valence-corrected chi connectivity index (χ4v) is 3.38. The number of hydrogen-bond donors (Lipinski definition) is 1. The number of nitrogens with zero attached hydrogens (tertiary/aromatic N) is 3. The summed E-state index contributed by atoms with van der Waals surface area (Å²) in [5, 5.41) is 2.89. The summed E-state index contributed by atoms with van der Waals surface area (Å²) in [5.41, 5.74) is 0.0575. The third-order valence-corrected chi connectivity index (χ3v) is 4.81. The highest BCUT2D eigenvalue weighted by atomic mass is 19.1. The standard InChI is InChI=1S/C17H23FN4O2/c1-20-8-6-17(7-9-20)15(23)22(16(24)19-17)12-21(2)11-13-4-3-5-14(18)10-13/h3-5,10H,6-9,11-12H2,1-2H3,(H,19,24). The van der Waals surface area contributed by atoms with Crippen LogP contribution in [0.4, 0.5) is 9.18 Å². The van der Waals surface area contributed by atoms with Crippen molar-refractivity contribution >= 4 is 11.9 Å². The Morgan fingerprint density at radius 1 is 1.29 bits per heavy atom. The third-order valence-electron chi connectivity index (χ3n) is 4.81. The molecule has 1 N–H and O–H groups in total. The molecule has 2 aliphatic rings. The zero-order chi connectivity index (χ0) is 17.3. The van der Waals surface area contributed by atoms with Crippen molar-refractivity contribution in [1.29, 1.82) is 0 Å². The zero-order valence-corrected chi connectivity index (χ0v) is 14.1. The molecule has 6 nitrogen and oxygen atoms in total. The van der Waals surface area contributed by atoms with E-state index in [9.17, 15) is 14.0 Å². The number of carbonyl (C=O) groups is 2. The first kappa shape index (κ1) is 16.9. The van der Waals surface area contributed by atoms with Gasteiger partial charge in [-0.1, -0.05) is 12.1 Å². The monoisotopic (exact) mass is 334 g/mol. The number of urea groups is 1. The van der Waals surface area contributed by atoms with Crippen LogP contribution in [0.1, 0.15) is 18.4 Å². The molecule has 3 rings (SSSR count). The first-order chi connectivity index (χ1) is 11.4. The number of rotatable bonds is 4. The van der Waals surface area contributed by atoms with Crippen molar-refractivity contribution < 1.29 is 14.0 Å². The maximum absolute atomic E-state index is 13.3. The first-order valence-electron chi connectivity index (χ1n) is 8.15. The number of likely N-dealkylation sites (tertiary alicyclic amines) is 1. The van der Waals surface area contributed by atoms with Gasteiger partial charge in [0, 0.05) is 19.6 Å². The molecule has 0 atom stereocenters. The summed E-state index contributed by atoms with van der Waals surface area (Å²) in [6.07, 6.45) is 1.27. The van der Waals surface area contributed by atoms with Crippen LogP contribution in [0, 0.1) is 5.82 Å². The van der Waals surface area contributed by atoms with E-state index < -0.39 is 5.54 Å². The maximum atomic E-state index is 13.3. The molecule has 3 amide bonds. The summed E-state index contributed by atoms with van der Waals surface area (Å²) in [6.45, 7) is 2.24. The lowest BCUT2D eigenvalue weighted by Crippen LogP contribution is -2.54. The molecule has 0 saturated carbocycles. The van der Waals surface area contributed by atoms with Gasteiger partial charge in [0.05, 0.1) is 6.67 Å². The minimum atomic E-state index is -0.747. The molecule has 24 heavy (non-hydrogen) atoms. The normalized spacial score (nSPS) is 20.9. The number of amides is 3. The molecule has 0 unspecified atom stereocenters. The summed E-state index contributed by atoms with van der Waals surface area (Å²) in [5.74, 6) is -0.437. The van der Waals surface area contributed by atoms with Crippen LogP contribution in [0.15, 0.2) is 24.3 Å². The molecule has 0 aromatic heterocycles. The number of halogens is 1. The molecule has 2 heterocycles. The topological polar surface area (TPSA) is 55.9 Å². The van der Waals surface area contributed by atoms with Crippen LogP contribution in [-0.2, 0) is 11.3 Å².